The molecule has 0 radical (unpaired) electrons. The average molecular weight is 464 g/mol. The van der Waals surface area contributed by atoms with Crippen molar-refractivity contribution in [3.8, 4) is 22.6 Å². The summed E-state index contributed by atoms with van der Waals surface area (Å²) in [5.74, 6) is 0.215. The van der Waals surface area contributed by atoms with Gasteiger partial charge in [-0.15, -0.1) is 0 Å². The summed E-state index contributed by atoms with van der Waals surface area (Å²) in [5.41, 5.74) is 5.32. The number of fused-ring (bicyclic) bond motifs is 1. The van der Waals surface area contributed by atoms with E-state index in [1.54, 1.807) is 29.1 Å². The van der Waals surface area contributed by atoms with Crippen molar-refractivity contribution in [3.05, 3.63) is 107 Å². The van der Waals surface area contributed by atoms with Crippen LogP contribution in [0.4, 0.5) is 0 Å². The maximum absolute atomic E-state index is 13.8. The Morgan fingerprint density at radius 2 is 1.69 bits per heavy atom. The van der Waals surface area contributed by atoms with E-state index >= 15 is 0 Å². The van der Waals surface area contributed by atoms with Gasteiger partial charge in [-0.3, -0.25) is 19.0 Å². The first-order valence-electron chi connectivity index (χ1n) is 11.8. The lowest BCUT2D eigenvalue weighted by molar-refractivity contribution is 0.311. The lowest BCUT2D eigenvalue weighted by Gasteiger charge is -2.16. The van der Waals surface area contributed by atoms with Crippen molar-refractivity contribution < 1.29 is 5.11 Å². The van der Waals surface area contributed by atoms with Gasteiger partial charge >= 0.3 is 5.69 Å². The predicted molar refractivity (Wildman–Crippen MR) is 136 cm³/mol. The number of aromatic hydroxyl groups is 1. The van der Waals surface area contributed by atoms with Crippen molar-refractivity contribution in [2.24, 2.45) is 0 Å². The molecule has 1 aliphatic heterocycles. The molecule has 174 valence electrons. The van der Waals surface area contributed by atoms with E-state index in [1.807, 2.05) is 47.0 Å². The summed E-state index contributed by atoms with van der Waals surface area (Å²) in [7, 11) is 0. The van der Waals surface area contributed by atoms with Crippen molar-refractivity contribution in [3.63, 3.8) is 0 Å². The summed E-state index contributed by atoms with van der Waals surface area (Å²) in [4.78, 5) is 25.0. The number of rotatable bonds is 5. The topological polar surface area (TPSA) is 76.2 Å². The van der Waals surface area contributed by atoms with Crippen LogP contribution in [0.3, 0.4) is 0 Å². The highest BCUT2D eigenvalue weighted by Gasteiger charge is 2.29. The average Bonchev–Trinajstić information content (AvgIpc) is 3.45. The summed E-state index contributed by atoms with van der Waals surface area (Å²) in [6.07, 6.45) is 4.20. The summed E-state index contributed by atoms with van der Waals surface area (Å²) >= 11 is 0. The molecule has 1 N–H and O–H groups in total. The smallest absolute Gasteiger partial charge is 0.335 e. The van der Waals surface area contributed by atoms with Gasteiger partial charge in [0.15, 0.2) is 5.65 Å². The van der Waals surface area contributed by atoms with Gasteiger partial charge in [0, 0.05) is 38.1 Å². The Hall–Kier alpha value is -4.23. The maximum Gasteiger partial charge on any atom is 0.335 e. The van der Waals surface area contributed by atoms with Crippen LogP contribution in [0.25, 0.3) is 28.0 Å². The lowest BCUT2D eigenvalue weighted by Crippen LogP contribution is -2.29. The van der Waals surface area contributed by atoms with Crippen molar-refractivity contribution >= 4 is 11.2 Å². The molecule has 0 bridgehead atoms. The first-order chi connectivity index (χ1) is 17.2. The molecule has 1 saturated heterocycles. The quantitative estimate of drug-likeness (QED) is 0.418. The second-order valence-corrected chi connectivity index (χ2v) is 8.93. The van der Waals surface area contributed by atoms with Crippen LogP contribution in [-0.2, 0) is 6.54 Å². The second-order valence-electron chi connectivity index (χ2n) is 8.93. The molecule has 0 aliphatic carbocycles. The van der Waals surface area contributed by atoms with Crippen LogP contribution in [0, 0.1) is 0 Å². The van der Waals surface area contributed by atoms with E-state index in [4.69, 9.17) is 0 Å². The number of hydrogen-bond acceptors (Lipinski definition) is 5. The first-order valence-corrected chi connectivity index (χ1v) is 11.8. The molecule has 5 aromatic rings. The zero-order valence-electron chi connectivity index (χ0n) is 19.2. The van der Waals surface area contributed by atoms with Gasteiger partial charge in [-0.1, -0.05) is 42.5 Å². The molecule has 3 aromatic heterocycles. The molecule has 2 aromatic carbocycles. The molecule has 0 spiro atoms. The van der Waals surface area contributed by atoms with Crippen molar-refractivity contribution in [1.29, 1.82) is 0 Å². The Morgan fingerprint density at radius 3 is 2.49 bits per heavy atom. The van der Waals surface area contributed by atoms with E-state index in [-0.39, 0.29) is 17.5 Å². The van der Waals surface area contributed by atoms with E-state index in [1.165, 1.54) is 0 Å². The maximum atomic E-state index is 13.8. The van der Waals surface area contributed by atoms with Crippen LogP contribution in [0.15, 0.2) is 96.1 Å². The molecule has 0 amide bonds. The molecule has 7 nitrogen and oxygen atoms in total. The summed E-state index contributed by atoms with van der Waals surface area (Å²) in [5, 5.41) is 9.75. The van der Waals surface area contributed by atoms with Crippen LogP contribution in [-0.4, -0.2) is 42.2 Å². The van der Waals surface area contributed by atoms with Gasteiger partial charge in [-0.2, -0.15) is 0 Å². The highest BCUT2D eigenvalue weighted by Crippen LogP contribution is 2.27. The number of aromatic nitrogens is 4. The van der Waals surface area contributed by atoms with Gasteiger partial charge in [0.2, 0.25) is 0 Å². The third kappa shape index (κ3) is 4.00. The van der Waals surface area contributed by atoms with E-state index in [2.05, 4.69) is 39.1 Å². The molecule has 1 aliphatic rings. The zero-order chi connectivity index (χ0) is 23.8. The van der Waals surface area contributed by atoms with Crippen LogP contribution in [0.5, 0.6) is 5.75 Å². The number of pyridine rings is 2. The Balaban J connectivity index is 1.33. The molecular weight excluding hydrogens is 438 g/mol. The van der Waals surface area contributed by atoms with Gasteiger partial charge in [0.05, 0.1) is 22.9 Å². The van der Waals surface area contributed by atoms with Gasteiger partial charge in [0.1, 0.15) is 5.75 Å². The number of likely N-dealkylation sites (tertiary alicyclic amines) is 1. The third-order valence-electron chi connectivity index (χ3n) is 6.66. The van der Waals surface area contributed by atoms with E-state index in [9.17, 15) is 9.90 Å². The third-order valence-corrected chi connectivity index (χ3v) is 6.66. The number of benzene rings is 2. The van der Waals surface area contributed by atoms with Crippen LogP contribution < -0.4 is 5.69 Å². The van der Waals surface area contributed by atoms with E-state index in [0.29, 0.717) is 12.2 Å². The molecule has 1 fully saturated rings. The summed E-state index contributed by atoms with van der Waals surface area (Å²) < 4.78 is 3.60. The van der Waals surface area contributed by atoms with E-state index < -0.39 is 0 Å². The molecule has 1 atom stereocenters. The predicted octanol–water partition coefficient (Wildman–Crippen LogP) is 4.40. The number of imidazole rings is 1. The zero-order valence-corrected chi connectivity index (χ0v) is 19.2. The van der Waals surface area contributed by atoms with Crippen molar-refractivity contribution in [1.82, 2.24) is 24.0 Å². The van der Waals surface area contributed by atoms with Crippen LogP contribution in [0.1, 0.15) is 18.2 Å². The number of hydrogen-bond donors (Lipinski definition) is 1. The molecular formula is C28H25N5O2. The van der Waals surface area contributed by atoms with Crippen LogP contribution in [0.2, 0.25) is 0 Å². The van der Waals surface area contributed by atoms with Gasteiger partial charge in [-0.25, -0.2) is 9.78 Å². The SMILES string of the molecule is O=c1n(-c2ccc(-c3ccccc3)cc2)c2cccnc2n1[C@H]1CCN(Cc2cc(O)ccn2)C1. The lowest BCUT2D eigenvalue weighted by atomic mass is 10.1. The van der Waals surface area contributed by atoms with Gasteiger partial charge in [0.25, 0.3) is 0 Å². The number of nitrogens with zero attached hydrogens (tertiary/aromatic N) is 5. The largest absolute Gasteiger partial charge is 0.508 e. The fourth-order valence-electron chi connectivity index (χ4n) is 5.01. The fraction of sp³-hybridized carbons (Fsp3) is 0.179. The van der Waals surface area contributed by atoms with Gasteiger partial charge in [-0.05, 0) is 47.9 Å². The molecule has 6 rings (SSSR count). The van der Waals surface area contributed by atoms with Gasteiger partial charge < -0.3 is 5.11 Å². The first kappa shape index (κ1) is 21.3. The Kier molecular flexibility index (Phi) is 5.39. The molecule has 0 unspecified atom stereocenters. The fourth-order valence-corrected chi connectivity index (χ4v) is 5.01. The Morgan fingerprint density at radius 1 is 0.886 bits per heavy atom. The summed E-state index contributed by atoms with van der Waals surface area (Å²) in [6, 6.07) is 25.4. The minimum atomic E-state index is -0.0755. The molecule has 0 saturated carbocycles. The Labute approximate surface area is 202 Å². The molecule has 4 heterocycles. The minimum absolute atomic E-state index is 0.0158. The van der Waals surface area contributed by atoms with Crippen molar-refractivity contribution in [2.45, 2.75) is 19.0 Å². The Bertz CT molecular complexity index is 1540. The minimum Gasteiger partial charge on any atom is -0.508 e. The monoisotopic (exact) mass is 463 g/mol. The normalized spacial score (nSPS) is 16.2. The molecule has 7 heteroatoms. The van der Waals surface area contributed by atoms with Crippen LogP contribution >= 0.6 is 0 Å². The summed E-state index contributed by atoms with van der Waals surface area (Å²) in [6.45, 7) is 2.20. The van der Waals surface area contributed by atoms with E-state index in [0.717, 1.165) is 47.5 Å². The molecule has 35 heavy (non-hydrogen) atoms. The highest BCUT2D eigenvalue weighted by molar-refractivity contribution is 5.75. The highest BCUT2D eigenvalue weighted by atomic mass is 16.3. The standard InChI is InChI=1S/C28H25N5O2/c34-25-12-15-29-22(17-25)18-31-16-13-24(19-31)33-27-26(7-4-14-30-27)32(28(33)35)23-10-8-21(9-11-23)20-5-2-1-3-6-20/h1-12,14-15,17,24H,13,16,18-19H2,(H,29,34)/t24-/m0/s1. The second kappa shape index (κ2) is 8.85. The van der Waals surface area contributed by atoms with Crippen molar-refractivity contribution in [2.75, 3.05) is 13.1 Å².